The quantitative estimate of drug-likeness (QED) is 0.579. The molecule has 0 aliphatic heterocycles. The second-order valence-electron chi connectivity index (χ2n) is 4.48. The van der Waals surface area contributed by atoms with Gasteiger partial charge in [0.1, 0.15) is 0 Å². The highest BCUT2D eigenvalue weighted by Gasteiger charge is 2.14. The fourth-order valence-corrected chi connectivity index (χ4v) is 1.63. The summed E-state index contributed by atoms with van der Waals surface area (Å²) in [6, 6.07) is 6.60. The second-order valence-corrected chi connectivity index (χ2v) is 4.48. The van der Waals surface area contributed by atoms with Crippen molar-refractivity contribution in [2.45, 2.75) is 6.42 Å². The number of anilines is 1. The van der Waals surface area contributed by atoms with Crippen molar-refractivity contribution >= 4 is 29.9 Å². The Morgan fingerprint density at radius 3 is 2.48 bits per heavy atom. The SMILES string of the molecule is COCCCNC(=O)CN(C)C(=O)c1ccc(N)cc1.Cl. The zero-order valence-corrected chi connectivity index (χ0v) is 13.1. The van der Waals surface area contributed by atoms with Gasteiger partial charge in [-0.3, -0.25) is 9.59 Å². The number of nitrogen functional groups attached to an aromatic ring is 1. The Morgan fingerprint density at radius 2 is 1.90 bits per heavy atom. The van der Waals surface area contributed by atoms with E-state index in [9.17, 15) is 9.59 Å². The summed E-state index contributed by atoms with van der Waals surface area (Å²) in [6.45, 7) is 1.16. The molecule has 0 bridgehead atoms. The Kier molecular flexibility index (Phi) is 9.16. The fourth-order valence-electron chi connectivity index (χ4n) is 1.63. The van der Waals surface area contributed by atoms with E-state index in [0.717, 1.165) is 6.42 Å². The average Bonchev–Trinajstić information content (AvgIpc) is 2.43. The minimum Gasteiger partial charge on any atom is -0.399 e. The van der Waals surface area contributed by atoms with Crippen molar-refractivity contribution in [2.75, 3.05) is 39.6 Å². The third-order valence-corrected chi connectivity index (χ3v) is 2.73. The second kappa shape index (κ2) is 10.0. The molecule has 0 saturated carbocycles. The molecule has 7 heteroatoms. The summed E-state index contributed by atoms with van der Waals surface area (Å²) in [5, 5.41) is 2.73. The van der Waals surface area contributed by atoms with Crippen LogP contribution in [-0.4, -0.2) is 50.6 Å². The zero-order valence-electron chi connectivity index (χ0n) is 12.3. The lowest BCUT2D eigenvalue weighted by atomic mass is 10.2. The highest BCUT2D eigenvalue weighted by Crippen LogP contribution is 2.07. The molecule has 1 aromatic rings. The topological polar surface area (TPSA) is 84.7 Å². The number of amides is 2. The molecule has 21 heavy (non-hydrogen) atoms. The number of hydrogen-bond acceptors (Lipinski definition) is 4. The first kappa shape index (κ1) is 19.2. The van der Waals surface area contributed by atoms with E-state index in [1.165, 1.54) is 4.90 Å². The van der Waals surface area contributed by atoms with Crippen LogP contribution in [0, 0.1) is 0 Å². The largest absolute Gasteiger partial charge is 0.399 e. The number of hydrogen-bond donors (Lipinski definition) is 2. The molecular weight excluding hydrogens is 294 g/mol. The number of nitrogens with two attached hydrogens (primary N) is 1. The molecule has 1 rings (SSSR count). The average molecular weight is 316 g/mol. The summed E-state index contributed by atoms with van der Waals surface area (Å²) in [5.41, 5.74) is 6.67. The molecule has 0 aromatic heterocycles. The van der Waals surface area contributed by atoms with Gasteiger partial charge in [0.2, 0.25) is 5.91 Å². The van der Waals surface area contributed by atoms with E-state index in [2.05, 4.69) is 5.32 Å². The van der Waals surface area contributed by atoms with Gasteiger partial charge in [-0.15, -0.1) is 12.4 Å². The van der Waals surface area contributed by atoms with Gasteiger partial charge in [-0.2, -0.15) is 0 Å². The number of ether oxygens (including phenoxy) is 1. The molecule has 0 heterocycles. The minimum absolute atomic E-state index is 0. The number of carbonyl (C=O) groups is 2. The molecule has 0 aliphatic rings. The van der Waals surface area contributed by atoms with E-state index in [0.29, 0.717) is 24.4 Å². The van der Waals surface area contributed by atoms with Gasteiger partial charge < -0.3 is 20.7 Å². The molecule has 0 atom stereocenters. The lowest BCUT2D eigenvalue weighted by Gasteiger charge is -2.17. The molecule has 0 unspecified atom stereocenters. The van der Waals surface area contributed by atoms with Crippen molar-refractivity contribution in [3.05, 3.63) is 29.8 Å². The number of rotatable bonds is 7. The van der Waals surface area contributed by atoms with Gasteiger partial charge in [-0.1, -0.05) is 0 Å². The summed E-state index contributed by atoms with van der Waals surface area (Å²) in [7, 11) is 3.20. The normalized spacial score (nSPS) is 9.62. The summed E-state index contributed by atoms with van der Waals surface area (Å²) in [5.74, 6) is -0.399. The Bertz CT molecular complexity index is 451. The third-order valence-electron chi connectivity index (χ3n) is 2.73. The number of halogens is 1. The van der Waals surface area contributed by atoms with Crippen LogP contribution in [0.15, 0.2) is 24.3 Å². The van der Waals surface area contributed by atoms with Crippen LogP contribution in [0.5, 0.6) is 0 Å². The lowest BCUT2D eigenvalue weighted by molar-refractivity contribution is -0.121. The minimum atomic E-state index is -0.211. The van der Waals surface area contributed by atoms with Gasteiger partial charge in [-0.25, -0.2) is 0 Å². The van der Waals surface area contributed by atoms with Crippen LogP contribution in [0.1, 0.15) is 16.8 Å². The first-order chi connectivity index (χ1) is 9.54. The molecule has 0 radical (unpaired) electrons. The molecule has 0 spiro atoms. The first-order valence-corrected chi connectivity index (χ1v) is 6.41. The molecule has 3 N–H and O–H groups in total. The predicted octanol–water partition coefficient (Wildman–Crippen LogP) is 0.915. The van der Waals surface area contributed by atoms with E-state index in [4.69, 9.17) is 10.5 Å². The Balaban J connectivity index is 0.00000400. The Morgan fingerprint density at radius 1 is 1.29 bits per heavy atom. The molecule has 2 amide bonds. The Hall–Kier alpha value is -1.79. The van der Waals surface area contributed by atoms with Gasteiger partial charge >= 0.3 is 0 Å². The van der Waals surface area contributed by atoms with Crippen LogP contribution in [0.3, 0.4) is 0 Å². The van der Waals surface area contributed by atoms with Gasteiger partial charge in [0, 0.05) is 38.6 Å². The number of nitrogens with one attached hydrogen (secondary N) is 1. The van der Waals surface area contributed by atoms with Crippen molar-refractivity contribution in [3.8, 4) is 0 Å². The maximum atomic E-state index is 12.1. The molecule has 0 fully saturated rings. The maximum Gasteiger partial charge on any atom is 0.254 e. The molecule has 1 aromatic carbocycles. The van der Waals surface area contributed by atoms with Gasteiger partial charge in [0.25, 0.3) is 5.91 Å². The number of benzene rings is 1. The van der Waals surface area contributed by atoms with E-state index < -0.39 is 0 Å². The fraction of sp³-hybridized carbons (Fsp3) is 0.429. The number of likely N-dealkylation sites (N-methyl/N-ethyl adjacent to an activating group) is 1. The maximum absolute atomic E-state index is 12.1. The van der Waals surface area contributed by atoms with E-state index in [1.54, 1.807) is 38.4 Å². The summed E-state index contributed by atoms with van der Waals surface area (Å²) in [4.78, 5) is 25.1. The van der Waals surface area contributed by atoms with Crippen molar-refractivity contribution in [1.29, 1.82) is 0 Å². The van der Waals surface area contributed by atoms with Gasteiger partial charge in [0.05, 0.1) is 6.54 Å². The van der Waals surface area contributed by atoms with E-state index in [1.807, 2.05) is 0 Å². The van der Waals surface area contributed by atoms with Crippen molar-refractivity contribution in [2.24, 2.45) is 0 Å². The van der Waals surface area contributed by atoms with Gasteiger partial charge in [0.15, 0.2) is 0 Å². The predicted molar refractivity (Wildman–Crippen MR) is 84.6 cm³/mol. The number of carbonyl (C=O) groups excluding carboxylic acids is 2. The molecule has 0 aliphatic carbocycles. The van der Waals surface area contributed by atoms with Crippen LogP contribution in [0.4, 0.5) is 5.69 Å². The summed E-state index contributed by atoms with van der Waals surface area (Å²) < 4.78 is 4.88. The van der Waals surface area contributed by atoms with Crippen LogP contribution in [-0.2, 0) is 9.53 Å². The monoisotopic (exact) mass is 315 g/mol. The standard InChI is InChI=1S/C14H21N3O3.ClH/c1-17(10-13(18)16-8-3-9-20-2)14(19)11-4-6-12(15)7-5-11;/h4-7H,3,8-10,15H2,1-2H3,(H,16,18);1H. The zero-order chi connectivity index (χ0) is 15.0. The van der Waals surface area contributed by atoms with Crippen LogP contribution < -0.4 is 11.1 Å². The number of nitrogens with zero attached hydrogens (tertiary/aromatic N) is 1. The first-order valence-electron chi connectivity index (χ1n) is 6.41. The van der Waals surface area contributed by atoms with Gasteiger partial charge in [-0.05, 0) is 30.7 Å². The molecule has 118 valence electrons. The highest BCUT2D eigenvalue weighted by molar-refractivity contribution is 5.96. The Labute approximate surface area is 131 Å². The van der Waals surface area contributed by atoms with E-state index >= 15 is 0 Å². The van der Waals surface area contributed by atoms with Crippen LogP contribution in [0.25, 0.3) is 0 Å². The van der Waals surface area contributed by atoms with E-state index in [-0.39, 0.29) is 30.8 Å². The van der Waals surface area contributed by atoms with Crippen LogP contribution in [0.2, 0.25) is 0 Å². The third kappa shape index (κ3) is 6.97. The highest BCUT2D eigenvalue weighted by atomic mass is 35.5. The van der Waals surface area contributed by atoms with Crippen LogP contribution >= 0.6 is 12.4 Å². The van der Waals surface area contributed by atoms with Crippen molar-refractivity contribution in [3.63, 3.8) is 0 Å². The molecule has 6 nitrogen and oxygen atoms in total. The molecular formula is C14H22ClN3O3. The number of methoxy groups -OCH3 is 1. The molecule has 0 saturated heterocycles. The summed E-state index contributed by atoms with van der Waals surface area (Å²) >= 11 is 0. The van der Waals surface area contributed by atoms with Crippen molar-refractivity contribution < 1.29 is 14.3 Å². The van der Waals surface area contributed by atoms with Crippen molar-refractivity contribution in [1.82, 2.24) is 10.2 Å². The smallest absolute Gasteiger partial charge is 0.254 e. The lowest BCUT2D eigenvalue weighted by Crippen LogP contribution is -2.38. The summed E-state index contributed by atoms with van der Waals surface area (Å²) in [6.07, 6.45) is 0.748.